The molecule has 0 aromatic carbocycles. The Morgan fingerprint density at radius 1 is 1.50 bits per heavy atom. The quantitative estimate of drug-likeness (QED) is 0.761. The highest BCUT2D eigenvalue weighted by Crippen LogP contribution is 2.13. The van der Waals surface area contributed by atoms with Gasteiger partial charge in [0.1, 0.15) is 5.69 Å². The topological polar surface area (TPSA) is 59.6 Å². The Hall–Kier alpha value is -1.55. The molecule has 0 saturated heterocycles. The van der Waals surface area contributed by atoms with Gasteiger partial charge in [0.2, 0.25) is 0 Å². The summed E-state index contributed by atoms with van der Waals surface area (Å²) in [6, 6.07) is 3.98. The lowest BCUT2D eigenvalue weighted by atomic mass is 10.3. The van der Waals surface area contributed by atoms with Crippen LogP contribution in [0, 0.1) is 0 Å². The third-order valence-electron chi connectivity index (χ3n) is 2.13. The number of rotatable bonds is 4. The zero-order valence-electron chi connectivity index (χ0n) is 7.98. The summed E-state index contributed by atoms with van der Waals surface area (Å²) in [5, 5.41) is 0. The van der Waals surface area contributed by atoms with Gasteiger partial charge >= 0.3 is 0 Å². The number of hydrogen-bond donors (Lipinski definition) is 2. The van der Waals surface area contributed by atoms with Crippen LogP contribution >= 0.6 is 0 Å². The summed E-state index contributed by atoms with van der Waals surface area (Å²) in [6.45, 7) is 1.65. The zero-order chi connectivity index (χ0) is 9.80. The van der Waals surface area contributed by atoms with Gasteiger partial charge in [-0.05, 0) is 25.1 Å². The van der Waals surface area contributed by atoms with Gasteiger partial charge in [0.05, 0.1) is 12.0 Å². The first-order valence-corrected chi connectivity index (χ1v) is 4.76. The largest absolute Gasteiger partial charge is 0.360 e. The molecule has 0 aliphatic carbocycles. The second kappa shape index (κ2) is 4.11. The maximum Gasteiger partial charge on any atom is 0.104 e. The molecule has 2 rings (SSSR count). The molecule has 4 nitrogen and oxygen atoms in total. The normalized spacial score (nSPS) is 10.6. The molecule has 2 heterocycles. The Balaban J connectivity index is 2.10. The van der Waals surface area contributed by atoms with Gasteiger partial charge in [0.25, 0.3) is 0 Å². The summed E-state index contributed by atoms with van der Waals surface area (Å²) in [7, 11) is 0. The molecule has 0 spiro atoms. The molecule has 2 aromatic heterocycles. The van der Waals surface area contributed by atoms with Crippen molar-refractivity contribution in [2.75, 3.05) is 6.54 Å². The van der Waals surface area contributed by atoms with Gasteiger partial charge in [-0.1, -0.05) is 0 Å². The third-order valence-corrected chi connectivity index (χ3v) is 2.13. The zero-order valence-corrected chi connectivity index (χ0v) is 7.98. The minimum atomic E-state index is 0.718. The first kappa shape index (κ1) is 9.02. The van der Waals surface area contributed by atoms with Crippen LogP contribution < -0.4 is 5.73 Å². The number of H-pyrrole nitrogens is 1. The van der Waals surface area contributed by atoms with E-state index in [1.807, 2.05) is 30.9 Å². The molecule has 3 N–H and O–H groups in total. The molecular formula is C10H14N4. The van der Waals surface area contributed by atoms with Crippen LogP contribution in [0.15, 0.2) is 30.9 Å². The summed E-state index contributed by atoms with van der Waals surface area (Å²) >= 11 is 0. The maximum absolute atomic E-state index is 5.44. The molecule has 0 saturated carbocycles. The van der Waals surface area contributed by atoms with Gasteiger partial charge in [0.15, 0.2) is 0 Å². The number of imidazole rings is 1. The van der Waals surface area contributed by atoms with Crippen LogP contribution in [0.1, 0.15) is 6.42 Å². The van der Waals surface area contributed by atoms with E-state index in [9.17, 15) is 0 Å². The maximum atomic E-state index is 5.44. The lowest BCUT2D eigenvalue weighted by Crippen LogP contribution is -2.03. The minimum Gasteiger partial charge on any atom is -0.360 e. The van der Waals surface area contributed by atoms with Gasteiger partial charge in [-0.2, -0.15) is 0 Å². The Labute approximate surface area is 82.8 Å². The molecule has 0 fully saturated rings. The average Bonchev–Trinajstić information content (AvgIpc) is 2.85. The minimum absolute atomic E-state index is 0.718. The monoisotopic (exact) mass is 190 g/mol. The predicted octanol–water partition coefficient (Wildman–Crippen LogP) is 1.23. The second-order valence-electron chi connectivity index (χ2n) is 3.22. The van der Waals surface area contributed by atoms with Gasteiger partial charge in [-0.3, -0.25) is 0 Å². The molecule has 74 valence electrons. The molecule has 0 aliphatic rings. The van der Waals surface area contributed by atoms with Crippen molar-refractivity contribution in [3.05, 3.63) is 30.9 Å². The van der Waals surface area contributed by atoms with Crippen molar-refractivity contribution in [1.29, 1.82) is 0 Å². The van der Waals surface area contributed by atoms with E-state index in [2.05, 4.69) is 14.5 Å². The van der Waals surface area contributed by atoms with Crippen molar-refractivity contribution in [3.8, 4) is 11.4 Å². The number of aromatic nitrogens is 3. The number of nitrogens with one attached hydrogen (secondary N) is 1. The molecule has 0 atom stereocenters. The summed E-state index contributed by atoms with van der Waals surface area (Å²) < 4.78 is 2.06. The molecule has 0 unspecified atom stereocenters. The molecule has 0 bridgehead atoms. The van der Waals surface area contributed by atoms with Gasteiger partial charge in [0, 0.05) is 18.9 Å². The van der Waals surface area contributed by atoms with Crippen molar-refractivity contribution in [2.24, 2.45) is 5.73 Å². The number of nitrogens with two attached hydrogens (primary N) is 1. The van der Waals surface area contributed by atoms with E-state index in [-0.39, 0.29) is 0 Å². The van der Waals surface area contributed by atoms with Crippen LogP contribution in [0.3, 0.4) is 0 Å². The number of hydrogen-bond acceptors (Lipinski definition) is 2. The van der Waals surface area contributed by atoms with Crippen molar-refractivity contribution in [3.63, 3.8) is 0 Å². The van der Waals surface area contributed by atoms with Crippen molar-refractivity contribution < 1.29 is 0 Å². The fourth-order valence-electron chi connectivity index (χ4n) is 1.38. The molecule has 0 aliphatic heterocycles. The van der Waals surface area contributed by atoms with Crippen molar-refractivity contribution in [2.45, 2.75) is 13.0 Å². The smallest absolute Gasteiger partial charge is 0.104 e. The summed E-state index contributed by atoms with van der Waals surface area (Å²) in [6.07, 6.45) is 6.75. The Bertz CT molecular complexity index is 374. The molecule has 0 radical (unpaired) electrons. The molecular weight excluding hydrogens is 176 g/mol. The van der Waals surface area contributed by atoms with Crippen molar-refractivity contribution >= 4 is 0 Å². The first-order chi connectivity index (χ1) is 6.90. The van der Waals surface area contributed by atoms with E-state index in [0.717, 1.165) is 30.9 Å². The van der Waals surface area contributed by atoms with E-state index in [1.54, 1.807) is 0 Å². The number of nitrogens with zero attached hydrogens (tertiary/aromatic N) is 2. The van der Waals surface area contributed by atoms with Crippen LogP contribution in [-0.2, 0) is 6.54 Å². The number of aromatic amines is 1. The molecule has 4 heteroatoms. The predicted molar refractivity (Wildman–Crippen MR) is 55.7 cm³/mol. The lowest BCUT2D eigenvalue weighted by molar-refractivity contribution is 0.650. The summed E-state index contributed by atoms with van der Waals surface area (Å²) in [5.41, 5.74) is 7.47. The fraction of sp³-hybridized carbons (Fsp3) is 0.300. The summed E-state index contributed by atoms with van der Waals surface area (Å²) in [5.74, 6) is 0. The van der Waals surface area contributed by atoms with Crippen LogP contribution in [0.5, 0.6) is 0 Å². The van der Waals surface area contributed by atoms with Crippen LogP contribution in [0.4, 0.5) is 0 Å². The van der Waals surface area contributed by atoms with E-state index in [1.165, 1.54) is 0 Å². The molecule has 14 heavy (non-hydrogen) atoms. The first-order valence-electron chi connectivity index (χ1n) is 4.76. The number of aryl methyl sites for hydroxylation is 1. The van der Waals surface area contributed by atoms with E-state index < -0.39 is 0 Å². The van der Waals surface area contributed by atoms with E-state index >= 15 is 0 Å². The second-order valence-corrected chi connectivity index (χ2v) is 3.22. The molecule has 2 aromatic rings. The van der Waals surface area contributed by atoms with Crippen LogP contribution in [-0.4, -0.2) is 21.1 Å². The average molecular weight is 190 g/mol. The van der Waals surface area contributed by atoms with Gasteiger partial charge in [-0.15, -0.1) is 0 Å². The standard InChI is InChI=1S/C10H14N4/c11-4-2-6-14-7-10(13-8-14)9-3-1-5-12-9/h1,3,5,7-8,12H,2,4,6,11H2. The van der Waals surface area contributed by atoms with E-state index in [0.29, 0.717) is 0 Å². The van der Waals surface area contributed by atoms with Gasteiger partial charge < -0.3 is 15.3 Å². The highest BCUT2D eigenvalue weighted by atomic mass is 15.0. The lowest BCUT2D eigenvalue weighted by Gasteiger charge is -1.97. The van der Waals surface area contributed by atoms with Crippen LogP contribution in [0.2, 0.25) is 0 Å². The Kier molecular flexibility index (Phi) is 2.65. The highest BCUT2D eigenvalue weighted by molar-refractivity contribution is 5.52. The third kappa shape index (κ3) is 1.85. The van der Waals surface area contributed by atoms with Crippen LogP contribution in [0.25, 0.3) is 11.4 Å². The Morgan fingerprint density at radius 2 is 2.43 bits per heavy atom. The summed E-state index contributed by atoms with van der Waals surface area (Å²) in [4.78, 5) is 7.42. The Morgan fingerprint density at radius 3 is 3.14 bits per heavy atom. The SMILES string of the molecule is NCCCn1cnc(-c2ccc[nH]2)c1. The van der Waals surface area contributed by atoms with Crippen molar-refractivity contribution in [1.82, 2.24) is 14.5 Å². The molecule has 0 amide bonds. The fourth-order valence-corrected chi connectivity index (χ4v) is 1.38. The highest BCUT2D eigenvalue weighted by Gasteiger charge is 2.01. The van der Waals surface area contributed by atoms with E-state index in [4.69, 9.17) is 5.73 Å². The van der Waals surface area contributed by atoms with Gasteiger partial charge in [-0.25, -0.2) is 4.98 Å².